The SMILES string of the molecule is CC(C)C1C(=O)NC(=O)N(C2CN3CCC2CC3)C1=O. The lowest BCUT2D eigenvalue weighted by Crippen LogP contribution is -2.67. The summed E-state index contributed by atoms with van der Waals surface area (Å²) in [5.74, 6) is -1.21. The van der Waals surface area contributed by atoms with Crippen molar-refractivity contribution < 1.29 is 14.4 Å². The Hall–Kier alpha value is -1.43. The first-order valence-electron chi connectivity index (χ1n) is 7.39. The number of hydrogen-bond acceptors (Lipinski definition) is 4. The molecular weight excluding hydrogens is 258 g/mol. The fraction of sp³-hybridized carbons (Fsp3) is 0.786. The predicted molar refractivity (Wildman–Crippen MR) is 71.7 cm³/mol. The molecule has 0 spiro atoms. The number of rotatable bonds is 2. The number of hydrogen-bond donors (Lipinski definition) is 1. The van der Waals surface area contributed by atoms with Crippen LogP contribution in [0.5, 0.6) is 0 Å². The topological polar surface area (TPSA) is 69.7 Å². The Balaban J connectivity index is 1.86. The Kier molecular flexibility index (Phi) is 3.28. The quantitative estimate of drug-likeness (QED) is 0.744. The van der Waals surface area contributed by atoms with Crippen molar-refractivity contribution >= 4 is 17.8 Å². The monoisotopic (exact) mass is 279 g/mol. The smallest absolute Gasteiger partial charge is 0.301 e. The number of nitrogens with one attached hydrogen (secondary N) is 1. The molecule has 4 rings (SSSR count). The Morgan fingerprint density at radius 1 is 1.15 bits per heavy atom. The second-order valence-electron chi connectivity index (χ2n) is 6.43. The molecule has 0 aromatic rings. The third kappa shape index (κ3) is 2.02. The first-order valence-corrected chi connectivity index (χ1v) is 7.39. The minimum absolute atomic E-state index is 0.0700. The normalized spacial score (nSPS) is 37.5. The molecule has 110 valence electrons. The molecule has 0 aliphatic carbocycles. The van der Waals surface area contributed by atoms with Crippen LogP contribution in [0.25, 0.3) is 0 Å². The van der Waals surface area contributed by atoms with Crippen LogP contribution in [0.2, 0.25) is 0 Å². The van der Waals surface area contributed by atoms with Crippen LogP contribution in [0.4, 0.5) is 4.79 Å². The average molecular weight is 279 g/mol. The first-order chi connectivity index (χ1) is 9.49. The molecular formula is C14H21N3O3. The highest BCUT2D eigenvalue weighted by Gasteiger charge is 2.48. The lowest BCUT2D eigenvalue weighted by molar-refractivity contribution is -0.148. The van der Waals surface area contributed by atoms with Gasteiger partial charge in [-0.2, -0.15) is 0 Å². The number of nitrogens with zero attached hydrogens (tertiary/aromatic N) is 2. The number of fused-ring (bicyclic) bond motifs is 3. The highest BCUT2D eigenvalue weighted by molar-refractivity contribution is 6.16. The number of barbiturate groups is 1. The summed E-state index contributed by atoms with van der Waals surface area (Å²) in [5, 5.41) is 2.36. The lowest BCUT2D eigenvalue weighted by atomic mass is 9.81. The van der Waals surface area contributed by atoms with Crippen LogP contribution in [0, 0.1) is 17.8 Å². The fourth-order valence-electron chi connectivity index (χ4n) is 3.73. The summed E-state index contributed by atoms with van der Waals surface area (Å²) in [6.07, 6.45) is 2.06. The standard InChI is InChI=1S/C14H21N3O3/c1-8(2)11-12(18)15-14(20)17(13(11)19)10-7-16-5-3-9(10)4-6-16/h8-11H,3-7H2,1-2H3,(H,15,18,20). The molecule has 2 bridgehead atoms. The van der Waals surface area contributed by atoms with Gasteiger partial charge in [0.1, 0.15) is 5.92 Å². The zero-order valence-corrected chi connectivity index (χ0v) is 12.0. The minimum atomic E-state index is -0.733. The van der Waals surface area contributed by atoms with E-state index in [9.17, 15) is 14.4 Å². The van der Waals surface area contributed by atoms with E-state index >= 15 is 0 Å². The molecule has 1 N–H and O–H groups in total. The van der Waals surface area contributed by atoms with Crippen molar-refractivity contribution in [2.45, 2.75) is 32.7 Å². The number of carbonyl (C=O) groups excluding carboxylic acids is 3. The highest BCUT2D eigenvalue weighted by atomic mass is 16.2. The van der Waals surface area contributed by atoms with Crippen LogP contribution in [0.1, 0.15) is 26.7 Å². The third-order valence-electron chi connectivity index (χ3n) is 4.85. The van der Waals surface area contributed by atoms with E-state index in [0.717, 1.165) is 32.5 Å². The van der Waals surface area contributed by atoms with Gasteiger partial charge in [-0.05, 0) is 37.8 Å². The minimum Gasteiger partial charge on any atom is -0.301 e. The first kappa shape index (κ1) is 13.5. The van der Waals surface area contributed by atoms with E-state index in [1.54, 1.807) is 0 Å². The van der Waals surface area contributed by atoms with E-state index in [-0.39, 0.29) is 17.9 Å². The Morgan fingerprint density at radius 2 is 1.80 bits per heavy atom. The molecule has 4 aliphatic heterocycles. The molecule has 4 saturated heterocycles. The number of carbonyl (C=O) groups is 3. The summed E-state index contributed by atoms with van der Waals surface area (Å²) >= 11 is 0. The molecule has 2 atom stereocenters. The van der Waals surface area contributed by atoms with E-state index in [1.807, 2.05) is 13.8 Å². The summed E-state index contributed by atoms with van der Waals surface area (Å²) in [6, 6.07) is -0.602. The molecule has 6 nitrogen and oxygen atoms in total. The fourth-order valence-corrected chi connectivity index (χ4v) is 3.73. The number of imide groups is 2. The number of urea groups is 1. The zero-order valence-electron chi connectivity index (χ0n) is 12.0. The van der Waals surface area contributed by atoms with Gasteiger partial charge in [0.25, 0.3) is 0 Å². The van der Waals surface area contributed by atoms with E-state index in [2.05, 4.69) is 10.2 Å². The van der Waals surface area contributed by atoms with Crippen molar-refractivity contribution in [3.8, 4) is 0 Å². The molecule has 4 heterocycles. The maximum atomic E-state index is 12.6. The van der Waals surface area contributed by atoms with E-state index in [4.69, 9.17) is 0 Å². The number of piperidine rings is 3. The van der Waals surface area contributed by atoms with Gasteiger partial charge in [0.15, 0.2) is 0 Å². The van der Waals surface area contributed by atoms with Gasteiger partial charge < -0.3 is 4.90 Å². The molecule has 0 aromatic heterocycles. The molecule has 6 heteroatoms. The van der Waals surface area contributed by atoms with Crippen LogP contribution < -0.4 is 5.32 Å². The second-order valence-corrected chi connectivity index (χ2v) is 6.43. The molecule has 2 unspecified atom stereocenters. The van der Waals surface area contributed by atoms with E-state index in [0.29, 0.717) is 5.92 Å². The molecule has 4 amide bonds. The third-order valence-corrected chi connectivity index (χ3v) is 4.85. The van der Waals surface area contributed by atoms with Crippen molar-refractivity contribution in [2.75, 3.05) is 19.6 Å². The summed E-state index contributed by atoms with van der Waals surface area (Å²) in [5.41, 5.74) is 0. The van der Waals surface area contributed by atoms with Gasteiger partial charge in [-0.15, -0.1) is 0 Å². The number of amides is 4. The van der Waals surface area contributed by atoms with Crippen molar-refractivity contribution in [1.29, 1.82) is 0 Å². The van der Waals surface area contributed by atoms with Crippen molar-refractivity contribution in [2.24, 2.45) is 17.8 Å². The van der Waals surface area contributed by atoms with Gasteiger partial charge in [0, 0.05) is 6.54 Å². The largest absolute Gasteiger partial charge is 0.331 e. The zero-order chi connectivity index (χ0) is 14.4. The molecule has 0 aromatic carbocycles. The Labute approximate surface area is 118 Å². The van der Waals surface area contributed by atoms with Gasteiger partial charge in [-0.3, -0.25) is 19.8 Å². The molecule has 4 fully saturated rings. The van der Waals surface area contributed by atoms with Gasteiger partial charge in [-0.1, -0.05) is 13.8 Å². The van der Waals surface area contributed by atoms with Gasteiger partial charge >= 0.3 is 6.03 Å². The Bertz CT molecular complexity index is 455. The van der Waals surface area contributed by atoms with Crippen LogP contribution in [-0.2, 0) is 9.59 Å². The van der Waals surface area contributed by atoms with Gasteiger partial charge in [0.05, 0.1) is 6.04 Å². The second kappa shape index (κ2) is 4.84. The summed E-state index contributed by atoms with van der Waals surface area (Å²) < 4.78 is 0. The van der Waals surface area contributed by atoms with Crippen LogP contribution in [0.15, 0.2) is 0 Å². The van der Waals surface area contributed by atoms with Crippen LogP contribution in [-0.4, -0.2) is 53.3 Å². The van der Waals surface area contributed by atoms with Crippen LogP contribution >= 0.6 is 0 Å². The average Bonchev–Trinajstić information content (AvgIpc) is 2.38. The lowest BCUT2D eigenvalue weighted by Gasteiger charge is -2.49. The highest BCUT2D eigenvalue weighted by Crippen LogP contribution is 2.33. The Morgan fingerprint density at radius 3 is 2.30 bits per heavy atom. The van der Waals surface area contributed by atoms with E-state index in [1.165, 1.54) is 4.90 Å². The van der Waals surface area contributed by atoms with E-state index < -0.39 is 17.9 Å². The van der Waals surface area contributed by atoms with Crippen molar-refractivity contribution in [1.82, 2.24) is 15.1 Å². The molecule has 0 saturated carbocycles. The maximum absolute atomic E-state index is 12.6. The van der Waals surface area contributed by atoms with Crippen molar-refractivity contribution in [3.05, 3.63) is 0 Å². The molecule has 20 heavy (non-hydrogen) atoms. The summed E-state index contributed by atoms with van der Waals surface area (Å²) in [4.78, 5) is 40.2. The summed E-state index contributed by atoms with van der Waals surface area (Å²) in [7, 11) is 0. The molecule has 0 radical (unpaired) electrons. The summed E-state index contributed by atoms with van der Waals surface area (Å²) in [6.45, 7) is 6.54. The van der Waals surface area contributed by atoms with Crippen LogP contribution in [0.3, 0.4) is 0 Å². The van der Waals surface area contributed by atoms with Crippen molar-refractivity contribution in [3.63, 3.8) is 0 Å². The maximum Gasteiger partial charge on any atom is 0.331 e. The van der Waals surface area contributed by atoms with Gasteiger partial charge in [0.2, 0.25) is 11.8 Å². The predicted octanol–water partition coefficient (Wildman–Crippen LogP) is 0.431. The molecule has 4 aliphatic rings. The van der Waals surface area contributed by atoms with Gasteiger partial charge in [-0.25, -0.2) is 4.79 Å².